The first-order chi connectivity index (χ1) is 7.95. The molecule has 2 nitrogen and oxygen atoms in total. The minimum Gasteiger partial charge on any atom is -0.494 e. The molecule has 0 aliphatic carbocycles. The van der Waals surface area contributed by atoms with Crippen molar-refractivity contribution in [2.75, 3.05) is 7.11 Å². The highest BCUT2D eigenvalue weighted by Gasteiger charge is 2.13. The molecule has 4 heteroatoms. The molecule has 0 aliphatic rings. The molecule has 0 amide bonds. The van der Waals surface area contributed by atoms with Gasteiger partial charge in [0.2, 0.25) is 0 Å². The van der Waals surface area contributed by atoms with Crippen molar-refractivity contribution in [3.8, 4) is 5.75 Å². The molecule has 1 unspecified atom stereocenters. The quantitative estimate of drug-likeness (QED) is 0.863. The average Bonchev–Trinajstić information content (AvgIpc) is 2.25. The van der Waals surface area contributed by atoms with Gasteiger partial charge in [0.15, 0.2) is 5.75 Å². The predicted octanol–water partition coefficient (Wildman–Crippen LogP) is 4.44. The van der Waals surface area contributed by atoms with Gasteiger partial charge in [-0.25, -0.2) is 0 Å². The second-order valence-corrected chi connectivity index (χ2v) is 5.41. The van der Waals surface area contributed by atoms with E-state index in [-0.39, 0.29) is 6.04 Å². The van der Waals surface area contributed by atoms with E-state index in [0.29, 0.717) is 21.7 Å². The normalized spacial score (nSPS) is 12.9. The van der Waals surface area contributed by atoms with Gasteiger partial charge in [0.25, 0.3) is 0 Å². The van der Waals surface area contributed by atoms with Crippen LogP contribution < -0.4 is 10.5 Å². The first-order valence-corrected chi connectivity index (χ1v) is 6.49. The molecule has 96 valence electrons. The summed E-state index contributed by atoms with van der Waals surface area (Å²) in [5.41, 5.74) is 7.07. The predicted molar refractivity (Wildman–Crippen MR) is 74.0 cm³/mol. The summed E-state index contributed by atoms with van der Waals surface area (Å²) in [5.74, 6) is 1.15. The first kappa shape index (κ1) is 14.6. The number of hydrogen-bond donors (Lipinski definition) is 1. The Kier molecular flexibility index (Phi) is 5.57. The van der Waals surface area contributed by atoms with Crippen molar-refractivity contribution < 1.29 is 4.74 Å². The zero-order valence-corrected chi connectivity index (χ0v) is 12.0. The van der Waals surface area contributed by atoms with Crippen LogP contribution in [0, 0.1) is 5.92 Å². The Balaban J connectivity index is 2.84. The van der Waals surface area contributed by atoms with Crippen molar-refractivity contribution in [3.05, 3.63) is 27.7 Å². The average molecular weight is 276 g/mol. The summed E-state index contributed by atoms with van der Waals surface area (Å²) in [7, 11) is 1.55. The summed E-state index contributed by atoms with van der Waals surface area (Å²) in [6.45, 7) is 4.36. The summed E-state index contributed by atoms with van der Waals surface area (Å²) in [5, 5.41) is 1.02. The molecular formula is C13H19Cl2NO. The number of ether oxygens (including phenoxy) is 1. The summed E-state index contributed by atoms with van der Waals surface area (Å²) >= 11 is 12.2. The third kappa shape index (κ3) is 4.06. The maximum atomic E-state index is 6.11. The maximum absolute atomic E-state index is 6.11. The topological polar surface area (TPSA) is 35.2 Å². The van der Waals surface area contributed by atoms with Gasteiger partial charge in [-0.1, -0.05) is 37.0 Å². The van der Waals surface area contributed by atoms with Crippen molar-refractivity contribution in [3.63, 3.8) is 0 Å². The molecule has 0 heterocycles. The van der Waals surface area contributed by atoms with Gasteiger partial charge >= 0.3 is 0 Å². The smallest absolute Gasteiger partial charge is 0.156 e. The van der Waals surface area contributed by atoms with Crippen LogP contribution >= 0.6 is 23.2 Å². The number of hydrogen-bond acceptors (Lipinski definition) is 2. The van der Waals surface area contributed by atoms with Gasteiger partial charge in [-0.3, -0.25) is 0 Å². The largest absolute Gasteiger partial charge is 0.494 e. The minimum atomic E-state index is -0.0293. The Morgan fingerprint density at radius 1 is 1.18 bits per heavy atom. The van der Waals surface area contributed by atoms with E-state index in [2.05, 4.69) is 13.8 Å². The number of halogens is 2. The van der Waals surface area contributed by atoms with E-state index >= 15 is 0 Å². The van der Waals surface area contributed by atoms with Crippen LogP contribution in [0.1, 0.15) is 38.3 Å². The fraction of sp³-hybridized carbons (Fsp3) is 0.538. The third-order valence-electron chi connectivity index (χ3n) is 2.71. The molecule has 2 N–H and O–H groups in total. The molecule has 0 saturated carbocycles. The van der Waals surface area contributed by atoms with E-state index in [0.717, 1.165) is 18.4 Å². The number of benzene rings is 1. The standard InChI is InChI=1S/C13H19Cl2NO/c1-8(2)4-5-12(16)9-6-10(14)13(17-3)11(15)7-9/h6-8,12H,4-5,16H2,1-3H3. The zero-order valence-electron chi connectivity index (χ0n) is 10.5. The lowest BCUT2D eigenvalue weighted by Gasteiger charge is -2.15. The summed E-state index contributed by atoms with van der Waals surface area (Å²) in [6.07, 6.45) is 2.01. The molecule has 0 aliphatic heterocycles. The molecule has 0 saturated heterocycles. The Morgan fingerprint density at radius 2 is 1.71 bits per heavy atom. The van der Waals surface area contributed by atoms with Crippen molar-refractivity contribution in [2.24, 2.45) is 11.7 Å². The van der Waals surface area contributed by atoms with Crippen LogP contribution in [-0.4, -0.2) is 7.11 Å². The molecule has 0 aromatic heterocycles. The minimum absolute atomic E-state index is 0.0293. The number of nitrogens with two attached hydrogens (primary N) is 1. The van der Waals surface area contributed by atoms with Crippen molar-refractivity contribution in [2.45, 2.75) is 32.7 Å². The first-order valence-electron chi connectivity index (χ1n) is 5.74. The lowest BCUT2D eigenvalue weighted by atomic mass is 9.98. The summed E-state index contributed by atoms with van der Waals surface area (Å²) in [6, 6.07) is 3.63. The van der Waals surface area contributed by atoms with Crippen LogP contribution in [0.5, 0.6) is 5.75 Å². The Bertz CT molecular complexity index is 357. The monoisotopic (exact) mass is 275 g/mol. The van der Waals surface area contributed by atoms with E-state index in [4.69, 9.17) is 33.7 Å². The van der Waals surface area contributed by atoms with Crippen molar-refractivity contribution >= 4 is 23.2 Å². The van der Waals surface area contributed by atoms with Gasteiger partial charge in [0, 0.05) is 6.04 Å². The molecule has 0 spiro atoms. The van der Waals surface area contributed by atoms with E-state index < -0.39 is 0 Å². The van der Waals surface area contributed by atoms with Crippen molar-refractivity contribution in [1.29, 1.82) is 0 Å². The van der Waals surface area contributed by atoms with E-state index in [1.165, 1.54) is 0 Å². The SMILES string of the molecule is COc1c(Cl)cc(C(N)CCC(C)C)cc1Cl. The maximum Gasteiger partial charge on any atom is 0.156 e. The van der Waals surface area contributed by atoms with Gasteiger partial charge in [-0.2, -0.15) is 0 Å². The molecule has 0 fully saturated rings. The number of rotatable bonds is 5. The lowest BCUT2D eigenvalue weighted by molar-refractivity contribution is 0.415. The van der Waals surface area contributed by atoms with Crippen LogP contribution in [-0.2, 0) is 0 Å². The molecule has 1 rings (SSSR count). The Labute approximate surface area is 113 Å². The fourth-order valence-corrected chi connectivity index (χ4v) is 2.33. The lowest BCUT2D eigenvalue weighted by Crippen LogP contribution is -2.11. The highest BCUT2D eigenvalue weighted by molar-refractivity contribution is 6.37. The fourth-order valence-electron chi connectivity index (χ4n) is 1.67. The van der Waals surface area contributed by atoms with Gasteiger partial charge in [0.05, 0.1) is 17.2 Å². The summed E-state index contributed by atoms with van der Waals surface area (Å²) < 4.78 is 5.10. The molecular weight excluding hydrogens is 257 g/mol. The molecule has 0 bridgehead atoms. The third-order valence-corrected chi connectivity index (χ3v) is 3.27. The molecule has 0 radical (unpaired) electrons. The molecule has 1 atom stereocenters. The highest BCUT2D eigenvalue weighted by atomic mass is 35.5. The Hall–Kier alpha value is -0.440. The molecule has 17 heavy (non-hydrogen) atoms. The Morgan fingerprint density at radius 3 is 2.12 bits per heavy atom. The van der Waals surface area contributed by atoms with Gasteiger partial charge < -0.3 is 10.5 Å². The molecule has 1 aromatic rings. The van der Waals surface area contributed by atoms with Crippen LogP contribution in [0.3, 0.4) is 0 Å². The van der Waals surface area contributed by atoms with Gasteiger partial charge in [-0.05, 0) is 36.5 Å². The van der Waals surface area contributed by atoms with E-state index in [1.807, 2.05) is 12.1 Å². The molecule has 1 aromatic carbocycles. The zero-order chi connectivity index (χ0) is 13.0. The van der Waals surface area contributed by atoms with Crippen LogP contribution in [0.4, 0.5) is 0 Å². The van der Waals surface area contributed by atoms with Gasteiger partial charge in [-0.15, -0.1) is 0 Å². The highest BCUT2D eigenvalue weighted by Crippen LogP contribution is 2.35. The second kappa shape index (κ2) is 6.48. The van der Waals surface area contributed by atoms with Crippen LogP contribution in [0.25, 0.3) is 0 Å². The van der Waals surface area contributed by atoms with E-state index in [1.54, 1.807) is 7.11 Å². The number of methoxy groups -OCH3 is 1. The summed E-state index contributed by atoms with van der Waals surface area (Å²) in [4.78, 5) is 0. The van der Waals surface area contributed by atoms with Crippen molar-refractivity contribution in [1.82, 2.24) is 0 Å². The van der Waals surface area contributed by atoms with Crippen LogP contribution in [0.2, 0.25) is 10.0 Å². The van der Waals surface area contributed by atoms with Gasteiger partial charge in [0.1, 0.15) is 0 Å². The van der Waals surface area contributed by atoms with E-state index in [9.17, 15) is 0 Å². The second-order valence-electron chi connectivity index (χ2n) is 4.60. The van der Waals surface area contributed by atoms with Crippen LogP contribution in [0.15, 0.2) is 12.1 Å².